The highest BCUT2D eigenvalue weighted by Gasteiger charge is 2.24. The molecule has 0 radical (unpaired) electrons. The number of benzene rings is 2. The van der Waals surface area contributed by atoms with E-state index >= 15 is 0 Å². The molecule has 31 heavy (non-hydrogen) atoms. The van der Waals surface area contributed by atoms with Gasteiger partial charge in [-0.25, -0.2) is 9.97 Å². The number of rotatable bonds is 9. The summed E-state index contributed by atoms with van der Waals surface area (Å²) in [7, 11) is 1.52. The van der Waals surface area contributed by atoms with Crippen molar-refractivity contribution >= 4 is 28.9 Å². The summed E-state index contributed by atoms with van der Waals surface area (Å²) < 4.78 is 10.6. The maximum atomic E-state index is 12.3. The molecular formula is C20H20N6O5. The summed E-state index contributed by atoms with van der Waals surface area (Å²) in [6.07, 6.45) is 1.14. The van der Waals surface area contributed by atoms with Crippen LogP contribution in [0.1, 0.15) is 17.3 Å². The van der Waals surface area contributed by atoms with E-state index in [2.05, 4.69) is 26.1 Å². The molecule has 1 amide bonds. The summed E-state index contributed by atoms with van der Waals surface area (Å²) in [6, 6.07) is 13.3. The number of hydrogen-bond acceptors (Lipinski definition) is 9. The molecule has 0 saturated heterocycles. The Morgan fingerprint density at radius 1 is 1.10 bits per heavy atom. The first-order chi connectivity index (χ1) is 15.0. The molecule has 3 rings (SSSR count). The van der Waals surface area contributed by atoms with Crippen molar-refractivity contribution in [1.82, 2.24) is 15.4 Å². The lowest BCUT2D eigenvalue weighted by molar-refractivity contribution is -0.383. The molecule has 160 valence electrons. The number of nitro groups is 1. The molecule has 11 nitrogen and oxygen atoms in total. The molecule has 0 saturated carbocycles. The van der Waals surface area contributed by atoms with E-state index in [4.69, 9.17) is 9.47 Å². The first-order valence-electron chi connectivity index (χ1n) is 9.22. The molecule has 3 N–H and O–H groups in total. The molecule has 0 atom stereocenters. The number of carbonyl (C=O) groups excluding carboxylic acids is 1. The maximum absolute atomic E-state index is 12.3. The van der Waals surface area contributed by atoms with Gasteiger partial charge in [0.2, 0.25) is 11.6 Å². The van der Waals surface area contributed by atoms with Gasteiger partial charge in [0.25, 0.3) is 5.91 Å². The second kappa shape index (κ2) is 9.87. The molecule has 1 heterocycles. The molecule has 0 bridgehead atoms. The fourth-order valence-corrected chi connectivity index (χ4v) is 2.64. The first-order valence-corrected chi connectivity index (χ1v) is 9.22. The van der Waals surface area contributed by atoms with Crippen molar-refractivity contribution in [3.05, 3.63) is 70.5 Å². The molecule has 0 fully saturated rings. The third-order valence-corrected chi connectivity index (χ3v) is 4.09. The maximum Gasteiger partial charge on any atom is 0.355 e. The average Bonchev–Trinajstić information content (AvgIpc) is 2.79. The van der Waals surface area contributed by atoms with E-state index in [1.165, 1.54) is 7.11 Å². The molecule has 0 spiro atoms. The van der Waals surface area contributed by atoms with Crippen molar-refractivity contribution in [3.63, 3.8) is 0 Å². The van der Waals surface area contributed by atoms with Crippen LogP contribution < -0.4 is 25.6 Å². The normalized spacial score (nSPS) is 10.1. The van der Waals surface area contributed by atoms with E-state index < -0.39 is 16.5 Å². The van der Waals surface area contributed by atoms with Crippen LogP contribution in [0, 0.1) is 10.1 Å². The zero-order valence-corrected chi connectivity index (χ0v) is 16.8. The van der Waals surface area contributed by atoms with Gasteiger partial charge in [-0.2, -0.15) is 0 Å². The number of methoxy groups -OCH3 is 1. The third-order valence-electron chi connectivity index (χ3n) is 4.09. The van der Waals surface area contributed by atoms with Gasteiger partial charge in [-0.05, 0) is 43.3 Å². The van der Waals surface area contributed by atoms with E-state index in [0.29, 0.717) is 29.4 Å². The fourth-order valence-electron chi connectivity index (χ4n) is 2.64. The Labute approximate surface area is 177 Å². The molecule has 0 unspecified atom stereocenters. The largest absolute Gasteiger partial charge is 0.497 e. The molecule has 1 aromatic heterocycles. The Morgan fingerprint density at radius 2 is 1.81 bits per heavy atom. The Hall–Kier alpha value is -4.41. The quantitative estimate of drug-likeness (QED) is 0.348. The van der Waals surface area contributed by atoms with Crippen molar-refractivity contribution in [2.45, 2.75) is 6.92 Å². The van der Waals surface area contributed by atoms with Gasteiger partial charge in [0.05, 0.1) is 24.3 Å². The Kier molecular flexibility index (Phi) is 6.78. The lowest BCUT2D eigenvalue weighted by atomic mass is 10.2. The van der Waals surface area contributed by atoms with Crippen molar-refractivity contribution < 1.29 is 19.2 Å². The van der Waals surface area contributed by atoms with Gasteiger partial charge in [-0.15, -0.1) is 0 Å². The number of aromatic nitrogens is 2. The van der Waals surface area contributed by atoms with Crippen molar-refractivity contribution in [2.24, 2.45) is 0 Å². The van der Waals surface area contributed by atoms with Crippen molar-refractivity contribution in [1.29, 1.82) is 0 Å². The van der Waals surface area contributed by atoms with E-state index in [9.17, 15) is 14.9 Å². The number of hydrogen-bond donors (Lipinski definition) is 3. The van der Waals surface area contributed by atoms with Crippen molar-refractivity contribution in [2.75, 3.05) is 24.5 Å². The zero-order valence-electron chi connectivity index (χ0n) is 16.8. The van der Waals surface area contributed by atoms with E-state index in [-0.39, 0.29) is 11.6 Å². The Morgan fingerprint density at radius 3 is 2.48 bits per heavy atom. The summed E-state index contributed by atoms with van der Waals surface area (Å²) in [4.78, 5) is 31.3. The topological polar surface area (TPSA) is 141 Å². The smallest absolute Gasteiger partial charge is 0.355 e. The average molecular weight is 424 g/mol. The van der Waals surface area contributed by atoms with Gasteiger partial charge >= 0.3 is 5.69 Å². The van der Waals surface area contributed by atoms with Gasteiger partial charge in [0, 0.05) is 5.56 Å². The van der Waals surface area contributed by atoms with Crippen LogP contribution in [0.5, 0.6) is 11.5 Å². The lowest BCUT2D eigenvalue weighted by Crippen LogP contribution is -2.30. The Balaban J connectivity index is 1.81. The van der Waals surface area contributed by atoms with Gasteiger partial charge in [-0.1, -0.05) is 12.1 Å². The van der Waals surface area contributed by atoms with E-state index in [1.54, 1.807) is 48.5 Å². The molecule has 11 heteroatoms. The Bertz CT molecular complexity index is 1070. The second-order valence-corrected chi connectivity index (χ2v) is 6.04. The van der Waals surface area contributed by atoms with Gasteiger partial charge in [-0.3, -0.25) is 25.8 Å². The third kappa shape index (κ3) is 5.15. The highest BCUT2D eigenvalue weighted by molar-refractivity contribution is 5.95. The van der Waals surface area contributed by atoms with Gasteiger partial charge in [0.1, 0.15) is 17.8 Å². The predicted molar refractivity (Wildman–Crippen MR) is 114 cm³/mol. The van der Waals surface area contributed by atoms with E-state index in [0.717, 1.165) is 6.33 Å². The number of nitrogens with one attached hydrogen (secondary N) is 3. The van der Waals surface area contributed by atoms with E-state index in [1.807, 2.05) is 6.92 Å². The summed E-state index contributed by atoms with van der Waals surface area (Å²) >= 11 is 0. The number of anilines is 3. The van der Waals surface area contributed by atoms with Crippen LogP contribution in [0.25, 0.3) is 0 Å². The SMILES string of the molecule is CCOc1ccccc1Nc1ncnc(NNC(=O)c2ccc(OC)cc2)c1[N+](=O)[O-]. The minimum atomic E-state index is -0.645. The summed E-state index contributed by atoms with van der Waals surface area (Å²) in [5.74, 6) is 0.359. The lowest BCUT2D eigenvalue weighted by Gasteiger charge is -2.13. The predicted octanol–water partition coefficient (Wildman–Crippen LogP) is 3.29. The molecule has 2 aromatic carbocycles. The number of amides is 1. The standard InChI is InChI=1S/C20H20N6O5/c1-3-31-16-7-5-4-6-15(16)23-18-17(26(28)29)19(22-12-21-18)24-25-20(27)13-8-10-14(30-2)11-9-13/h4-12H,3H2,1-2H3,(H,25,27)(H2,21,22,23,24). The monoisotopic (exact) mass is 424 g/mol. The molecule has 0 aliphatic heterocycles. The number of nitrogens with zero attached hydrogens (tertiary/aromatic N) is 3. The molecular weight excluding hydrogens is 404 g/mol. The number of carbonyl (C=O) groups is 1. The van der Waals surface area contributed by atoms with Crippen LogP contribution in [0.3, 0.4) is 0 Å². The van der Waals surface area contributed by atoms with Crippen LogP contribution in [0.15, 0.2) is 54.9 Å². The summed E-state index contributed by atoms with van der Waals surface area (Å²) in [5.41, 5.74) is 5.27. The molecule has 3 aromatic rings. The fraction of sp³-hybridized carbons (Fsp3) is 0.150. The summed E-state index contributed by atoms with van der Waals surface area (Å²) in [6.45, 7) is 2.26. The van der Waals surface area contributed by atoms with Crippen LogP contribution in [0.4, 0.5) is 23.0 Å². The number of para-hydroxylation sites is 2. The minimum Gasteiger partial charge on any atom is -0.497 e. The van der Waals surface area contributed by atoms with Crippen LogP contribution in [-0.2, 0) is 0 Å². The highest BCUT2D eigenvalue weighted by atomic mass is 16.6. The number of ether oxygens (including phenoxy) is 2. The molecule has 0 aliphatic carbocycles. The second-order valence-electron chi connectivity index (χ2n) is 6.04. The van der Waals surface area contributed by atoms with Gasteiger partial charge in [0.15, 0.2) is 0 Å². The molecule has 0 aliphatic rings. The van der Waals surface area contributed by atoms with Crippen molar-refractivity contribution in [3.8, 4) is 11.5 Å². The minimum absolute atomic E-state index is 0.0617. The van der Waals surface area contributed by atoms with Crippen LogP contribution >= 0.6 is 0 Å². The summed E-state index contributed by atoms with van der Waals surface area (Å²) in [5, 5.41) is 14.6. The van der Waals surface area contributed by atoms with Gasteiger partial charge < -0.3 is 14.8 Å². The number of hydrazine groups is 1. The highest BCUT2D eigenvalue weighted by Crippen LogP contribution is 2.34. The zero-order chi connectivity index (χ0) is 22.2. The van der Waals surface area contributed by atoms with Crippen LogP contribution in [0.2, 0.25) is 0 Å². The first kappa shape index (κ1) is 21.3. The van der Waals surface area contributed by atoms with Crippen LogP contribution in [-0.4, -0.2) is 34.5 Å².